The van der Waals surface area contributed by atoms with Gasteiger partial charge in [0.2, 0.25) is 5.91 Å². The number of carbonyl (C=O) groups is 3. The van der Waals surface area contributed by atoms with Gasteiger partial charge in [-0.2, -0.15) is 26.3 Å². The van der Waals surface area contributed by atoms with Gasteiger partial charge < -0.3 is 21.1 Å². The van der Waals surface area contributed by atoms with Gasteiger partial charge in [0.05, 0.1) is 17.5 Å². The van der Waals surface area contributed by atoms with Crippen molar-refractivity contribution in [1.82, 2.24) is 5.32 Å². The molecule has 0 heterocycles. The molecule has 0 aliphatic carbocycles. The van der Waals surface area contributed by atoms with Crippen LogP contribution in [0.1, 0.15) is 22.3 Å². The fourth-order valence-corrected chi connectivity index (χ4v) is 4.64. The highest BCUT2D eigenvalue weighted by molar-refractivity contribution is 7.99. The Labute approximate surface area is 233 Å². The van der Waals surface area contributed by atoms with Crippen molar-refractivity contribution in [3.63, 3.8) is 0 Å². The van der Waals surface area contributed by atoms with Crippen molar-refractivity contribution in [2.75, 3.05) is 17.7 Å². The number of aliphatic carboxylic acids is 1. The highest BCUT2D eigenvalue weighted by atomic mass is 32.2. The zero-order valence-electron chi connectivity index (χ0n) is 21.0. The van der Waals surface area contributed by atoms with Crippen LogP contribution in [-0.4, -0.2) is 30.1 Å². The lowest BCUT2D eigenvalue weighted by molar-refractivity contribution is -0.163. The number of amides is 3. The zero-order valence-corrected chi connectivity index (χ0v) is 21.8. The van der Waals surface area contributed by atoms with Gasteiger partial charge in [-0.25, -0.2) is 4.79 Å². The van der Waals surface area contributed by atoms with Crippen LogP contribution in [0.25, 0.3) is 6.08 Å². The first-order valence-corrected chi connectivity index (χ1v) is 12.4. The summed E-state index contributed by atoms with van der Waals surface area (Å²) < 4.78 is 84.5. The van der Waals surface area contributed by atoms with Crippen LogP contribution in [0.5, 0.6) is 0 Å². The number of alkyl halides is 6. The molecule has 14 heteroatoms. The monoisotopic (exact) mass is 597 g/mol. The van der Waals surface area contributed by atoms with E-state index in [1.807, 2.05) is 0 Å². The number of anilines is 2. The molecule has 0 aliphatic heterocycles. The highest BCUT2D eigenvalue weighted by Crippen LogP contribution is 2.48. The van der Waals surface area contributed by atoms with Crippen LogP contribution in [0.3, 0.4) is 0 Å². The maximum absolute atomic E-state index is 14.1. The van der Waals surface area contributed by atoms with Gasteiger partial charge in [-0.1, -0.05) is 36.0 Å². The van der Waals surface area contributed by atoms with Crippen molar-refractivity contribution in [3.8, 4) is 0 Å². The molecule has 3 aromatic rings. The van der Waals surface area contributed by atoms with Crippen molar-refractivity contribution < 1.29 is 45.8 Å². The molecule has 7 nitrogen and oxygen atoms in total. The summed E-state index contributed by atoms with van der Waals surface area (Å²) in [6.45, 7) is 0. The summed E-state index contributed by atoms with van der Waals surface area (Å²) in [5, 5.41) is 15.9. The van der Waals surface area contributed by atoms with E-state index in [-0.39, 0.29) is 22.7 Å². The van der Waals surface area contributed by atoms with E-state index in [1.54, 1.807) is 0 Å². The molecule has 0 fully saturated rings. The van der Waals surface area contributed by atoms with Gasteiger partial charge in [0.15, 0.2) is 0 Å². The average molecular weight is 598 g/mol. The molecule has 41 heavy (non-hydrogen) atoms. The van der Waals surface area contributed by atoms with Crippen LogP contribution < -0.4 is 16.0 Å². The summed E-state index contributed by atoms with van der Waals surface area (Å²) in [6, 6.07) is 12.2. The Morgan fingerprint density at radius 3 is 2.10 bits per heavy atom. The van der Waals surface area contributed by atoms with Gasteiger partial charge >= 0.3 is 24.4 Å². The number of benzene rings is 3. The zero-order chi connectivity index (χ0) is 30.4. The highest BCUT2D eigenvalue weighted by Gasteiger charge is 2.46. The Balaban J connectivity index is 1.94. The van der Waals surface area contributed by atoms with E-state index in [0.717, 1.165) is 12.1 Å². The average Bonchev–Trinajstić information content (AvgIpc) is 2.87. The first-order chi connectivity index (χ1) is 19.2. The van der Waals surface area contributed by atoms with E-state index in [2.05, 4.69) is 16.0 Å². The maximum Gasteiger partial charge on any atom is 0.418 e. The maximum atomic E-state index is 14.1. The summed E-state index contributed by atoms with van der Waals surface area (Å²) in [4.78, 5) is 34.0. The second-order valence-electron chi connectivity index (χ2n) is 8.32. The van der Waals surface area contributed by atoms with Gasteiger partial charge in [-0.3, -0.25) is 9.59 Å². The van der Waals surface area contributed by atoms with E-state index >= 15 is 0 Å². The van der Waals surface area contributed by atoms with E-state index < -0.39 is 51.8 Å². The van der Waals surface area contributed by atoms with Gasteiger partial charge in [-0.15, -0.1) is 0 Å². The van der Waals surface area contributed by atoms with Crippen molar-refractivity contribution in [1.29, 1.82) is 0 Å². The standard InChI is InChI=1S/C27H21F6N3O4S/c1-34-25(40)36-18-3-2-4-19(14-18)41-20-11-7-16(23(26(28,29)30)24(20)27(31,32)33)8-12-21(37)35-17-9-5-15(6-10-17)13-22(38)39/h2-12,14H,13H2,1H3,(H,35,37)(H,38,39)(H2,34,36,40). The largest absolute Gasteiger partial charge is 0.481 e. The molecule has 3 aromatic carbocycles. The Bertz CT molecular complexity index is 1470. The molecule has 0 radical (unpaired) electrons. The SMILES string of the molecule is CNC(=O)Nc1cccc(Sc2ccc(C=CC(=O)Nc3ccc(CC(=O)O)cc3)c(C(F)(F)F)c2C(F)(F)F)c1. The molecule has 0 atom stereocenters. The van der Waals surface area contributed by atoms with Crippen LogP contribution in [0.4, 0.5) is 42.5 Å². The van der Waals surface area contributed by atoms with Crippen LogP contribution in [0.2, 0.25) is 0 Å². The minimum atomic E-state index is -5.43. The lowest BCUT2D eigenvalue weighted by Crippen LogP contribution is -2.24. The van der Waals surface area contributed by atoms with E-state index in [4.69, 9.17) is 5.11 Å². The van der Waals surface area contributed by atoms with Crippen molar-refractivity contribution >= 4 is 47.1 Å². The predicted octanol–water partition coefficient (Wildman–Crippen LogP) is 6.91. The number of rotatable bonds is 8. The molecule has 3 rings (SSSR count). The molecule has 0 saturated heterocycles. The summed E-state index contributed by atoms with van der Waals surface area (Å²) in [6.07, 6.45) is -9.80. The molecular formula is C27H21F6N3O4S. The lowest BCUT2D eigenvalue weighted by atomic mass is 9.99. The Morgan fingerprint density at radius 2 is 1.51 bits per heavy atom. The number of hydrogen-bond acceptors (Lipinski definition) is 4. The van der Waals surface area contributed by atoms with E-state index in [0.29, 0.717) is 29.5 Å². The number of carboxylic acid groups (broad SMARTS) is 1. The van der Waals surface area contributed by atoms with Crippen molar-refractivity contribution in [2.24, 2.45) is 0 Å². The third-order valence-corrected chi connectivity index (χ3v) is 6.35. The minimum Gasteiger partial charge on any atom is -0.481 e. The molecule has 216 valence electrons. The molecule has 0 aliphatic rings. The summed E-state index contributed by atoms with van der Waals surface area (Å²) in [5.41, 5.74) is -3.92. The molecule has 4 N–H and O–H groups in total. The quantitative estimate of drug-likeness (QED) is 0.167. The van der Waals surface area contributed by atoms with Crippen LogP contribution >= 0.6 is 11.8 Å². The summed E-state index contributed by atoms with van der Waals surface area (Å²) in [7, 11) is 1.35. The topological polar surface area (TPSA) is 108 Å². The fraction of sp³-hybridized carbons (Fsp3) is 0.148. The number of carboxylic acids is 1. The van der Waals surface area contributed by atoms with E-state index in [1.165, 1.54) is 55.6 Å². The van der Waals surface area contributed by atoms with Gasteiger partial charge in [0.1, 0.15) is 0 Å². The molecule has 0 spiro atoms. The van der Waals surface area contributed by atoms with Gasteiger partial charge in [0.25, 0.3) is 0 Å². The Morgan fingerprint density at radius 1 is 0.854 bits per heavy atom. The van der Waals surface area contributed by atoms with Crippen LogP contribution in [0.15, 0.2) is 76.5 Å². The van der Waals surface area contributed by atoms with Crippen LogP contribution in [-0.2, 0) is 28.4 Å². The summed E-state index contributed by atoms with van der Waals surface area (Å²) in [5.74, 6) is -1.99. The molecule has 0 saturated carbocycles. The number of hydrogen-bond donors (Lipinski definition) is 4. The predicted molar refractivity (Wildman–Crippen MR) is 141 cm³/mol. The molecule has 0 bridgehead atoms. The first kappa shape index (κ1) is 31.1. The number of carbonyl (C=O) groups excluding carboxylic acids is 2. The number of urea groups is 1. The Hall–Kier alpha value is -4.46. The Kier molecular flexibility index (Phi) is 9.71. The summed E-state index contributed by atoms with van der Waals surface area (Å²) >= 11 is 0.428. The van der Waals surface area contributed by atoms with E-state index in [9.17, 15) is 40.7 Å². The third kappa shape index (κ3) is 8.76. The van der Waals surface area contributed by atoms with Crippen molar-refractivity contribution in [3.05, 3.63) is 89.0 Å². The minimum absolute atomic E-state index is 0.134. The number of nitrogens with one attached hydrogen (secondary N) is 3. The molecular weight excluding hydrogens is 576 g/mol. The van der Waals surface area contributed by atoms with Gasteiger partial charge in [0, 0.05) is 34.3 Å². The second-order valence-corrected chi connectivity index (χ2v) is 9.44. The van der Waals surface area contributed by atoms with Gasteiger partial charge in [-0.05, 0) is 53.6 Å². The normalized spacial score (nSPS) is 11.8. The van der Waals surface area contributed by atoms with Crippen LogP contribution in [0, 0.1) is 0 Å². The second kappa shape index (κ2) is 12.8. The third-order valence-electron chi connectivity index (χ3n) is 5.30. The molecule has 3 amide bonds. The lowest BCUT2D eigenvalue weighted by Gasteiger charge is -2.21. The smallest absolute Gasteiger partial charge is 0.418 e. The number of halogens is 6. The molecule has 0 aromatic heterocycles. The first-order valence-electron chi connectivity index (χ1n) is 11.5. The fourth-order valence-electron chi connectivity index (χ4n) is 3.60. The molecule has 0 unspecified atom stereocenters. The van der Waals surface area contributed by atoms with Crippen molar-refractivity contribution in [2.45, 2.75) is 28.6 Å².